The van der Waals surface area contributed by atoms with Crippen molar-refractivity contribution in [3.05, 3.63) is 51.6 Å². The number of nitriles is 1. The van der Waals surface area contributed by atoms with Crippen molar-refractivity contribution in [1.29, 1.82) is 5.26 Å². The van der Waals surface area contributed by atoms with Gasteiger partial charge in [-0.1, -0.05) is 12.1 Å². The van der Waals surface area contributed by atoms with Crippen LogP contribution in [0.25, 0.3) is 11.1 Å². The Kier molecular flexibility index (Phi) is 3.64. The minimum absolute atomic E-state index is 0.673. The molecular formula is C14H10INO. The lowest BCUT2D eigenvalue weighted by atomic mass is 10.0. The van der Waals surface area contributed by atoms with Crippen LogP contribution >= 0.6 is 22.6 Å². The molecule has 0 aliphatic rings. The quantitative estimate of drug-likeness (QED) is 0.782. The lowest BCUT2D eigenvalue weighted by Crippen LogP contribution is -1.87. The van der Waals surface area contributed by atoms with E-state index in [0.717, 1.165) is 20.4 Å². The van der Waals surface area contributed by atoms with Crippen LogP contribution in [-0.4, -0.2) is 7.11 Å². The summed E-state index contributed by atoms with van der Waals surface area (Å²) in [6.45, 7) is 0. The van der Waals surface area contributed by atoms with E-state index in [1.54, 1.807) is 7.11 Å². The van der Waals surface area contributed by atoms with Gasteiger partial charge in [0.05, 0.1) is 18.7 Å². The summed E-state index contributed by atoms with van der Waals surface area (Å²) < 4.78 is 6.38. The number of nitrogens with zero attached hydrogens (tertiary/aromatic N) is 1. The molecule has 0 aliphatic carbocycles. The Labute approximate surface area is 114 Å². The standard InChI is InChI=1S/C14H10INO/c1-17-12-6-7-14(15)13(8-12)11-4-2-10(9-16)3-5-11/h2-8H,1H3. The topological polar surface area (TPSA) is 33.0 Å². The number of methoxy groups -OCH3 is 1. The first-order valence-corrected chi connectivity index (χ1v) is 6.16. The largest absolute Gasteiger partial charge is 0.497 e. The van der Waals surface area contributed by atoms with Crippen molar-refractivity contribution < 1.29 is 4.74 Å². The molecule has 0 bridgehead atoms. The zero-order valence-electron chi connectivity index (χ0n) is 9.27. The number of benzene rings is 2. The summed E-state index contributed by atoms with van der Waals surface area (Å²) in [5, 5.41) is 8.76. The van der Waals surface area contributed by atoms with Gasteiger partial charge in [-0.05, 0) is 64.0 Å². The van der Waals surface area contributed by atoms with Crippen LogP contribution in [0.2, 0.25) is 0 Å². The Hall–Kier alpha value is -1.54. The predicted octanol–water partition coefficient (Wildman–Crippen LogP) is 3.84. The fourth-order valence-corrected chi connectivity index (χ4v) is 2.22. The van der Waals surface area contributed by atoms with E-state index in [1.807, 2.05) is 42.5 Å². The summed E-state index contributed by atoms with van der Waals surface area (Å²) in [5.41, 5.74) is 2.88. The molecule has 0 radical (unpaired) electrons. The van der Waals surface area contributed by atoms with Crippen molar-refractivity contribution in [1.82, 2.24) is 0 Å². The van der Waals surface area contributed by atoms with Crippen molar-refractivity contribution in [3.8, 4) is 22.9 Å². The number of hydrogen-bond acceptors (Lipinski definition) is 2. The predicted molar refractivity (Wildman–Crippen MR) is 75.9 cm³/mol. The van der Waals surface area contributed by atoms with Crippen molar-refractivity contribution >= 4 is 22.6 Å². The second kappa shape index (κ2) is 5.19. The molecule has 2 rings (SSSR count). The van der Waals surface area contributed by atoms with Gasteiger partial charge in [-0.2, -0.15) is 5.26 Å². The SMILES string of the molecule is COc1ccc(I)c(-c2ccc(C#N)cc2)c1. The summed E-state index contributed by atoms with van der Waals surface area (Å²) in [5.74, 6) is 0.838. The highest BCUT2D eigenvalue weighted by molar-refractivity contribution is 14.1. The molecule has 2 aromatic rings. The molecule has 0 fully saturated rings. The van der Waals surface area contributed by atoms with E-state index in [9.17, 15) is 0 Å². The second-order valence-electron chi connectivity index (χ2n) is 3.53. The van der Waals surface area contributed by atoms with E-state index in [1.165, 1.54) is 0 Å². The third kappa shape index (κ3) is 2.59. The van der Waals surface area contributed by atoms with Gasteiger partial charge in [-0.15, -0.1) is 0 Å². The highest BCUT2D eigenvalue weighted by Gasteiger charge is 2.04. The first-order valence-electron chi connectivity index (χ1n) is 5.08. The fourth-order valence-electron chi connectivity index (χ4n) is 1.58. The van der Waals surface area contributed by atoms with Gasteiger partial charge in [0.15, 0.2) is 0 Å². The van der Waals surface area contributed by atoms with Gasteiger partial charge in [0.1, 0.15) is 5.75 Å². The normalized spacial score (nSPS) is 9.71. The summed E-state index contributed by atoms with van der Waals surface area (Å²) >= 11 is 2.29. The third-order valence-electron chi connectivity index (χ3n) is 2.50. The molecule has 0 saturated heterocycles. The summed E-state index contributed by atoms with van der Waals surface area (Å²) in [7, 11) is 1.66. The number of halogens is 1. The smallest absolute Gasteiger partial charge is 0.119 e. The molecule has 0 spiro atoms. The zero-order valence-corrected chi connectivity index (χ0v) is 11.4. The molecule has 2 nitrogen and oxygen atoms in total. The maximum Gasteiger partial charge on any atom is 0.119 e. The molecule has 0 aliphatic heterocycles. The Morgan fingerprint density at radius 2 is 1.82 bits per heavy atom. The van der Waals surface area contributed by atoms with Gasteiger partial charge in [0, 0.05) is 3.57 Å². The van der Waals surface area contributed by atoms with E-state index in [-0.39, 0.29) is 0 Å². The fraction of sp³-hybridized carbons (Fsp3) is 0.0714. The number of rotatable bonds is 2. The van der Waals surface area contributed by atoms with Crippen LogP contribution in [0.15, 0.2) is 42.5 Å². The van der Waals surface area contributed by atoms with Crippen LogP contribution < -0.4 is 4.74 Å². The van der Waals surface area contributed by atoms with Gasteiger partial charge in [0.25, 0.3) is 0 Å². The van der Waals surface area contributed by atoms with Gasteiger partial charge < -0.3 is 4.74 Å². The molecule has 0 atom stereocenters. The van der Waals surface area contributed by atoms with Gasteiger partial charge in [0.2, 0.25) is 0 Å². The van der Waals surface area contributed by atoms with Crippen molar-refractivity contribution in [2.45, 2.75) is 0 Å². The number of ether oxygens (including phenoxy) is 1. The van der Waals surface area contributed by atoms with Gasteiger partial charge in [-0.3, -0.25) is 0 Å². The van der Waals surface area contributed by atoms with Crippen LogP contribution in [0.1, 0.15) is 5.56 Å². The minimum atomic E-state index is 0.673. The van der Waals surface area contributed by atoms with Crippen LogP contribution in [-0.2, 0) is 0 Å². The van der Waals surface area contributed by atoms with E-state index in [0.29, 0.717) is 5.56 Å². The van der Waals surface area contributed by atoms with Crippen molar-refractivity contribution in [2.24, 2.45) is 0 Å². The second-order valence-corrected chi connectivity index (χ2v) is 4.70. The lowest BCUT2D eigenvalue weighted by Gasteiger charge is -2.07. The lowest BCUT2D eigenvalue weighted by molar-refractivity contribution is 0.415. The van der Waals surface area contributed by atoms with E-state index in [2.05, 4.69) is 28.7 Å². The molecule has 0 amide bonds. The maximum atomic E-state index is 8.76. The highest BCUT2D eigenvalue weighted by Crippen LogP contribution is 2.29. The molecule has 0 unspecified atom stereocenters. The Bertz CT molecular complexity index is 570. The summed E-state index contributed by atoms with van der Waals surface area (Å²) in [4.78, 5) is 0. The molecule has 3 heteroatoms. The maximum absolute atomic E-state index is 8.76. The van der Waals surface area contributed by atoms with E-state index >= 15 is 0 Å². The Morgan fingerprint density at radius 3 is 2.41 bits per heavy atom. The first-order chi connectivity index (χ1) is 8.24. The zero-order chi connectivity index (χ0) is 12.3. The van der Waals surface area contributed by atoms with E-state index in [4.69, 9.17) is 10.00 Å². The molecule has 0 N–H and O–H groups in total. The van der Waals surface area contributed by atoms with Crippen molar-refractivity contribution in [3.63, 3.8) is 0 Å². The molecular weight excluding hydrogens is 325 g/mol. The first kappa shape index (κ1) is 11.9. The van der Waals surface area contributed by atoms with Crippen LogP contribution in [0.3, 0.4) is 0 Å². The Balaban J connectivity index is 2.48. The molecule has 17 heavy (non-hydrogen) atoms. The molecule has 0 heterocycles. The molecule has 2 aromatic carbocycles. The average Bonchev–Trinajstić information content (AvgIpc) is 2.39. The van der Waals surface area contributed by atoms with E-state index < -0.39 is 0 Å². The third-order valence-corrected chi connectivity index (χ3v) is 3.44. The Morgan fingerprint density at radius 1 is 1.12 bits per heavy atom. The van der Waals surface area contributed by atoms with Gasteiger partial charge >= 0.3 is 0 Å². The van der Waals surface area contributed by atoms with Crippen molar-refractivity contribution in [2.75, 3.05) is 7.11 Å². The van der Waals surface area contributed by atoms with Crippen LogP contribution in [0.4, 0.5) is 0 Å². The molecule has 84 valence electrons. The van der Waals surface area contributed by atoms with Crippen LogP contribution in [0, 0.1) is 14.9 Å². The average molecular weight is 335 g/mol. The molecule has 0 aromatic heterocycles. The van der Waals surface area contributed by atoms with Gasteiger partial charge in [-0.25, -0.2) is 0 Å². The molecule has 0 saturated carbocycles. The monoisotopic (exact) mass is 335 g/mol. The minimum Gasteiger partial charge on any atom is -0.497 e. The number of hydrogen-bond donors (Lipinski definition) is 0. The van der Waals surface area contributed by atoms with Crippen LogP contribution in [0.5, 0.6) is 5.75 Å². The highest BCUT2D eigenvalue weighted by atomic mass is 127. The summed E-state index contributed by atoms with van der Waals surface area (Å²) in [6.07, 6.45) is 0. The summed E-state index contributed by atoms with van der Waals surface area (Å²) in [6, 6.07) is 15.6.